The molecule has 27 heavy (non-hydrogen) atoms. The van der Waals surface area contributed by atoms with Crippen molar-refractivity contribution in [2.75, 3.05) is 0 Å². The molecule has 0 aliphatic carbocycles. The van der Waals surface area contributed by atoms with E-state index in [0.29, 0.717) is 28.6 Å². The van der Waals surface area contributed by atoms with Crippen LogP contribution in [0.1, 0.15) is 21.8 Å². The highest BCUT2D eigenvalue weighted by Gasteiger charge is 2.09. The molecule has 1 aromatic heterocycles. The second-order valence-electron chi connectivity index (χ2n) is 6.01. The molecule has 2 aromatic carbocycles. The fourth-order valence-corrected chi connectivity index (χ4v) is 3.18. The monoisotopic (exact) mass is 404 g/mol. The summed E-state index contributed by atoms with van der Waals surface area (Å²) in [5.41, 5.74) is 1.99. The fourth-order valence-electron chi connectivity index (χ4n) is 2.35. The maximum atomic E-state index is 13.5. The van der Waals surface area contributed by atoms with Crippen LogP contribution in [0.2, 0.25) is 5.02 Å². The van der Waals surface area contributed by atoms with Gasteiger partial charge in [-0.15, -0.1) is 11.3 Å². The number of rotatable bonds is 7. The number of halogens is 2. The highest BCUT2D eigenvalue weighted by atomic mass is 35.5. The van der Waals surface area contributed by atoms with Crippen molar-refractivity contribution in [2.24, 2.45) is 0 Å². The van der Waals surface area contributed by atoms with Crippen LogP contribution in [0.5, 0.6) is 5.75 Å². The van der Waals surface area contributed by atoms with E-state index in [-0.39, 0.29) is 24.7 Å². The molecule has 1 amide bonds. The van der Waals surface area contributed by atoms with Gasteiger partial charge in [0.05, 0.1) is 12.1 Å². The third-order valence-electron chi connectivity index (χ3n) is 3.84. The molecule has 0 saturated heterocycles. The van der Waals surface area contributed by atoms with Gasteiger partial charge < -0.3 is 10.1 Å². The van der Waals surface area contributed by atoms with E-state index in [0.717, 1.165) is 10.6 Å². The molecule has 3 aromatic rings. The van der Waals surface area contributed by atoms with Crippen LogP contribution in [-0.2, 0) is 24.4 Å². The first-order valence-electron chi connectivity index (χ1n) is 8.33. The number of nitrogens with one attached hydrogen (secondary N) is 1. The molecule has 140 valence electrons. The smallest absolute Gasteiger partial charge is 0.226 e. The van der Waals surface area contributed by atoms with Crippen LogP contribution in [0.3, 0.4) is 0 Å². The van der Waals surface area contributed by atoms with E-state index >= 15 is 0 Å². The van der Waals surface area contributed by atoms with Crippen molar-refractivity contribution in [3.05, 3.63) is 80.5 Å². The Morgan fingerprint density at radius 2 is 2.04 bits per heavy atom. The summed E-state index contributed by atoms with van der Waals surface area (Å²) in [7, 11) is 0. The van der Waals surface area contributed by atoms with E-state index in [1.165, 1.54) is 17.4 Å². The molecular formula is C20H18ClFN2O2S. The van der Waals surface area contributed by atoms with Crippen molar-refractivity contribution in [1.29, 1.82) is 0 Å². The van der Waals surface area contributed by atoms with Gasteiger partial charge in [-0.1, -0.05) is 23.7 Å². The number of amides is 1. The lowest BCUT2D eigenvalue weighted by Gasteiger charge is -2.06. The average molecular weight is 405 g/mol. The molecule has 0 bridgehead atoms. The van der Waals surface area contributed by atoms with E-state index in [1.807, 2.05) is 5.38 Å². The molecule has 0 fully saturated rings. The predicted molar refractivity (Wildman–Crippen MR) is 105 cm³/mol. The summed E-state index contributed by atoms with van der Waals surface area (Å²) in [4.78, 5) is 16.5. The molecular weight excluding hydrogens is 387 g/mol. The molecule has 7 heteroatoms. The van der Waals surface area contributed by atoms with Crippen LogP contribution in [-0.4, -0.2) is 10.9 Å². The molecule has 4 nitrogen and oxygen atoms in total. The van der Waals surface area contributed by atoms with E-state index in [1.54, 1.807) is 43.3 Å². The summed E-state index contributed by atoms with van der Waals surface area (Å²) < 4.78 is 19.2. The number of aromatic nitrogens is 1. The number of ether oxygens (including phenoxy) is 1. The summed E-state index contributed by atoms with van der Waals surface area (Å²) in [6, 6.07) is 12.0. The van der Waals surface area contributed by atoms with E-state index in [9.17, 15) is 9.18 Å². The number of carbonyl (C=O) groups excluding carboxylic acids is 1. The molecule has 0 saturated carbocycles. The second-order valence-corrected chi connectivity index (χ2v) is 7.39. The number of thiazole rings is 1. The predicted octanol–water partition coefficient (Wildman–Crippen LogP) is 4.68. The maximum absolute atomic E-state index is 13.5. The van der Waals surface area contributed by atoms with Crippen molar-refractivity contribution in [2.45, 2.75) is 26.5 Å². The standard InChI is InChI=1S/C20H18ClFN2O2S/c1-13-2-3-14(8-18(13)22)10-23-19(25)9-16-12-27-20(24-16)11-26-17-6-4-15(21)5-7-17/h2-8,12H,9-11H2,1H3,(H,23,25). The lowest BCUT2D eigenvalue weighted by molar-refractivity contribution is -0.120. The highest BCUT2D eigenvalue weighted by Crippen LogP contribution is 2.18. The number of carbonyl (C=O) groups is 1. The zero-order valence-electron chi connectivity index (χ0n) is 14.7. The Hall–Kier alpha value is -2.44. The van der Waals surface area contributed by atoms with Crippen LogP contribution in [0.25, 0.3) is 0 Å². The molecule has 0 unspecified atom stereocenters. The molecule has 0 aliphatic rings. The van der Waals surface area contributed by atoms with E-state index < -0.39 is 0 Å². The molecule has 0 atom stereocenters. The summed E-state index contributed by atoms with van der Waals surface area (Å²) in [6.07, 6.45) is 0.172. The highest BCUT2D eigenvalue weighted by molar-refractivity contribution is 7.09. The van der Waals surface area contributed by atoms with Crippen LogP contribution in [0.15, 0.2) is 47.8 Å². The topological polar surface area (TPSA) is 51.2 Å². The van der Waals surface area contributed by atoms with Gasteiger partial charge in [-0.2, -0.15) is 0 Å². The van der Waals surface area contributed by atoms with Gasteiger partial charge in [0.15, 0.2) is 0 Å². The Bertz CT molecular complexity index is 928. The van der Waals surface area contributed by atoms with Gasteiger partial charge in [0.2, 0.25) is 5.91 Å². The van der Waals surface area contributed by atoms with Crippen molar-refractivity contribution in [3.8, 4) is 5.75 Å². The Balaban J connectivity index is 1.47. The van der Waals surface area contributed by atoms with Crippen LogP contribution in [0.4, 0.5) is 4.39 Å². The minimum absolute atomic E-state index is 0.161. The first-order chi connectivity index (χ1) is 13.0. The minimum Gasteiger partial charge on any atom is -0.486 e. The number of hydrogen-bond donors (Lipinski definition) is 1. The van der Waals surface area contributed by atoms with E-state index in [4.69, 9.17) is 16.3 Å². The Morgan fingerprint density at radius 1 is 1.26 bits per heavy atom. The van der Waals surface area contributed by atoms with E-state index in [2.05, 4.69) is 10.3 Å². The molecule has 1 N–H and O–H groups in total. The zero-order chi connectivity index (χ0) is 19.2. The number of aryl methyl sites for hydroxylation is 1. The summed E-state index contributed by atoms with van der Waals surface area (Å²) in [5, 5.41) is 6.06. The van der Waals surface area contributed by atoms with Crippen molar-refractivity contribution >= 4 is 28.8 Å². The third kappa shape index (κ3) is 5.77. The Morgan fingerprint density at radius 3 is 2.78 bits per heavy atom. The molecule has 0 aliphatic heterocycles. The number of nitrogens with zero attached hydrogens (tertiary/aromatic N) is 1. The SMILES string of the molecule is Cc1ccc(CNC(=O)Cc2csc(COc3ccc(Cl)cc3)n2)cc1F. The lowest BCUT2D eigenvalue weighted by atomic mass is 10.1. The summed E-state index contributed by atoms with van der Waals surface area (Å²) in [5.74, 6) is 0.275. The normalized spacial score (nSPS) is 10.6. The molecule has 3 rings (SSSR count). The molecule has 1 heterocycles. The van der Waals surface area contributed by atoms with Crippen molar-refractivity contribution < 1.29 is 13.9 Å². The van der Waals surface area contributed by atoms with Gasteiger partial charge >= 0.3 is 0 Å². The van der Waals surface area contributed by atoms with Gasteiger partial charge in [0, 0.05) is 16.9 Å². The van der Waals surface area contributed by atoms with Crippen LogP contribution < -0.4 is 10.1 Å². The van der Waals surface area contributed by atoms with Crippen molar-refractivity contribution in [1.82, 2.24) is 10.3 Å². The first kappa shape index (κ1) is 19.3. The van der Waals surface area contributed by atoms with Crippen LogP contribution >= 0.6 is 22.9 Å². The van der Waals surface area contributed by atoms with Gasteiger partial charge in [-0.3, -0.25) is 4.79 Å². The van der Waals surface area contributed by atoms with Crippen LogP contribution in [0, 0.1) is 12.7 Å². The summed E-state index contributed by atoms with van der Waals surface area (Å²) in [6.45, 7) is 2.32. The first-order valence-corrected chi connectivity index (χ1v) is 9.59. The Labute approximate surface area is 166 Å². The fraction of sp³-hybridized carbons (Fsp3) is 0.200. The molecule has 0 radical (unpaired) electrons. The van der Waals surface area contributed by atoms with Gasteiger partial charge in [0.1, 0.15) is 23.2 Å². The summed E-state index contributed by atoms with van der Waals surface area (Å²) >= 11 is 7.28. The average Bonchev–Trinajstić information content (AvgIpc) is 3.09. The zero-order valence-corrected chi connectivity index (χ0v) is 16.2. The van der Waals surface area contributed by atoms with Gasteiger partial charge in [-0.05, 0) is 48.4 Å². The second kappa shape index (κ2) is 8.97. The number of benzene rings is 2. The third-order valence-corrected chi connectivity index (χ3v) is 4.97. The lowest BCUT2D eigenvalue weighted by Crippen LogP contribution is -2.24. The maximum Gasteiger partial charge on any atom is 0.226 e. The largest absolute Gasteiger partial charge is 0.486 e. The Kier molecular flexibility index (Phi) is 6.42. The van der Waals surface area contributed by atoms with Crippen molar-refractivity contribution in [3.63, 3.8) is 0 Å². The molecule has 0 spiro atoms. The van der Waals surface area contributed by atoms with Gasteiger partial charge in [0.25, 0.3) is 0 Å². The number of hydrogen-bond acceptors (Lipinski definition) is 4. The minimum atomic E-state index is -0.272. The quantitative estimate of drug-likeness (QED) is 0.622. The van der Waals surface area contributed by atoms with Gasteiger partial charge in [-0.25, -0.2) is 9.37 Å².